The van der Waals surface area contributed by atoms with Crippen molar-refractivity contribution in [2.75, 3.05) is 20.3 Å². The second-order valence-corrected chi connectivity index (χ2v) is 3.91. The van der Waals surface area contributed by atoms with Gasteiger partial charge in [0.15, 0.2) is 0 Å². The Bertz CT molecular complexity index is 349. The van der Waals surface area contributed by atoms with E-state index in [1.54, 1.807) is 11.9 Å². The van der Waals surface area contributed by atoms with Crippen LogP contribution in [0.2, 0.25) is 0 Å². The van der Waals surface area contributed by atoms with Gasteiger partial charge in [-0.2, -0.15) is 0 Å². The van der Waals surface area contributed by atoms with Gasteiger partial charge in [-0.25, -0.2) is 0 Å². The molecule has 0 aromatic heterocycles. The van der Waals surface area contributed by atoms with E-state index in [0.29, 0.717) is 19.7 Å². The van der Waals surface area contributed by atoms with Gasteiger partial charge in [0, 0.05) is 26.7 Å². The zero-order valence-electron chi connectivity index (χ0n) is 10.5. The lowest BCUT2D eigenvalue weighted by Crippen LogP contribution is -2.29. The number of ether oxygens (including phenoxy) is 1. The molecule has 0 saturated carbocycles. The van der Waals surface area contributed by atoms with Crippen LogP contribution in [0, 0.1) is 0 Å². The van der Waals surface area contributed by atoms with E-state index in [4.69, 9.17) is 10.5 Å². The van der Waals surface area contributed by atoms with Crippen LogP contribution < -0.4 is 5.73 Å². The lowest BCUT2D eigenvalue weighted by atomic mass is 10.1. The number of likely N-dealkylation sites (N-methyl/N-ethyl adjacent to an activating group) is 1. The first-order valence-electron chi connectivity index (χ1n) is 5.77. The summed E-state index contributed by atoms with van der Waals surface area (Å²) in [6.07, 6.45) is 0. The molecule has 0 saturated heterocycles. The van der Waals surface area contributed by atoms with Crippen molar-refractivity contribution in [2.45, 2.75) is 20.0 Å². The highest BCUT2D eigenvalue weighted by Crippen LogP contribution is 2.06. The molecule has 0 unspecified atom stereocenters. The highest BCUT2D eigenvalue weighted by molar-refractivity contribution is 5.77. The third-order valence-corrected chi connectivity index (χ3v) is 2.53. The molecular weight excluding hydrogens is 216 g/mol. The first kappa shape index (κ1) is 13.7. The summed E-state index contributed by atoms with van der Waals surface area (Å²) in [5, 5.41) is 0. The number of carbonyl (C=O) groups is 1. The van der Waals surface area contributed by atoms with Crippen LogP contribution in [0.3, 0.4) is 0 Å². The van der Waals surface area contributed by atoms with Crippen molar-refractivity contribution in [3.05, 3.63) is 35.4 Å². The molecule has 1 amide bonds. The first-order chi connectivity index (χ1) is 8.17. The Kier molecular flexibility index (Phi) is 5.66. The molecular formula is C13H20N2O2. The van der Waals surface area contributed by atoms with Gasteiger partial charge in [0.25, 0.3) is 0 Å². The first-order valence-corrected chi connectivity index (χ1v) is 5.77. The van der Waals surface area contributed by atoms with Gasteiger partial charge in [0.05, 0.1) is 0 Å². The van der Waals surface area contributed by atoms with E-state index < -0.39 is 0 Å². The van der Waals surface area contributed by atoms with Crippen LogP contribution in [0.5, 0.6) is 0 Å². The van der Waals surface area contributed by atoms with E-state index in [2.05, 4.69) is 0 Å². The van der Waals surface area contributed by atoms with Gasteiger partial charge < -0.3 is 15.4 Å². The molecule has 1 aromatic carbocycles. The average molecular weight is 236 g/mol. The molecule has 2 N–H and O–H groups in total. The number of nitrogens with two attached hydrogens (primary N) is 1. The van der Waals surface area contributed by atoms with E-state index >= 15 is 0 Å². The van der Waals surface area contributed by atoms with Gasteiger partial charge >= 0.3 is 0 Å². The highest BCUT2D eigenvalue weighted by Gasteiger charge is 2.08. The molecule has 1 rings (SSSR count). The molecule has 0 atom stereocenters. The van der Waals surface area contributed by atoms with Crippen molar-refractivity contribution in [1.29, 1.82) is 0 Å². The van der Waals surface area contributed by atoms with Crippen molar-refractivity contribution in [1.82, 2.24) is 4.90 Å². The molecule has 1 aromatic rings. The Hall–Kier alpha value is -1.39. The van der Waals surface area contributed by atoms with E-state index in [9.17, 15) is 4.79 Å². The Morgan fingerprint density at radius 3 is 2.41 bits per heavy atom. The number of amides is 1. The van der Waals surface area contributed by atoms with E-state index in [-0.39, 0.29) is 12.5 Å². The second-order valence-electron chi connectivity index (χ2n) is 3.91. The molecule has 17 heavy (non-hydrogen) atoms. The summed E-state index contributed by atoms with van der Waals surface area (Å²) in [5.41, 5.74) is 7.71. The van der Waals surface area contributed by atoms with Gasteiger partial charge in [-0.15, -0.1) is 0 Å². The van der Waals surface area contributed by atoms with Gasteiger partial charge in [0.1, 0.15) is 6.61 Å². The van der Waals surface area contributed by atoms with E-state index in [1.165, 1.54) is 0 Å². The fourth-order valence-corrected chi connectivity index (χ4v) is 1.44. The summed E-state index contributed by atoms with van der Waals surface area (Å²) in [6.45, 7) is 3.72. The number of carbonyl (C=O) groups excluding carboxylic acids is 1. The SMILES string of the molecule is CCOCC(=O)N(C)Cc1ccc(CN)cc1. The quantitative estimate of drug-likeness (QED) is 0.806. The number of hydrogen-bond acceptors (Lipinski definition) is 3. The standard InChI is InChI=1S/C13H20N2O2/c1-3-17-10-13(16)15(2)9-12-6-4-11(8-14)5-7-12/h4-7H,3,8-10,14H2,1-2H3. The molecule has 0 aliphatic rings. The van der Waals surface area contributed by atoms with Crippen LogP contribution in [-0.4, -0.2) is 31.1 Å². The van der Waals surface area contributed by atoms with Crippen molar-refractivity contribution < 1.29 is 9.53 Å². The summed E-state index contributed by atoms with van der Waals surface area (Å²) in [4.78, 5) is 13.3. The fraction of sp³-hybridized carbons (Fsp3) is 0.462. The van der Waals surface area contributed by atoms with Gasteiger partial charge in [-0.3, -0.25) is 4.79 Å². The number of rotatable bonds is 6. The predicted molar refractivity (Wildman–Crippen MR) is 67.3 cm³/mol. The third kappa shape index (κ3) is 4.54. The second kappa shape index (κ2) is 7.04. The van der Waals surface area contributed by atoms with Crippen molar-refractivity contribution in [3.8, 4) is 0 Å². The minimum Gasteiger partial charge on any atom is -0.372 e. The van der Waals surface area contributed by atoms with Crippen LogP contribution >= 0.6 is 0 Å². The third-order valence-electron chi connectivity index (χ3n) is 2.53. The molecule has 0 fully saturated rings. The van der Waals surface area contributed by atoms with Crippen molar-refractivity contribution in [2.24, 2.45) is 5.73 Å². The maximum atomic E-state index is 11.6. The lowest BCUT2D eigenvalue weighted by Gasteiger charge is -2.17. The highest BCUT2D eigenvalue weighted by atomic mass is 16.5. The summed E-state index contributed by atoms with van der Waals surface area (Å²) >= 11 is 0. The predicted octanol–water partition coefficient (Wildman–Crippen LogP) is 1.14. The minimum atomic E-state index is -0.00486. The van der Waals surface area contributed by atoms with Crippen molar-refractivity contribution >= 4 is 5.91 Å². The average Bonchev–Trinajstić information content (AvgIpc) is 2.36. The van der Waals surface area contributed by atoms with Crippen LogP contribution in [0.4, 0.5) is 0 Å². The lowest BCUT2D eigenvalue weighted by molar-refractivity contribution is -0.135. The van der Waals surface area contributed by atoms with Gasteiger partial charge in [-0.1, -0.05) is 24.3 Å². The molecule has 4 nitrogen and oxygen atoms in total. The summed E-state index contributed by atoms with van der Waals surface area (Å²) in [7, 11) is 1.78. The van der Waals surface area contributed by atoms with Crippen LogP contribution in [0.1, 0.15) is 18.1 Å². The van der Waals surface area contributed by atoms with Gasteiger partial charge in [-0.05, 0) is 18.1 Å². The van der Waals surface area contributed by atoms with Gasteiger partial charge in [0.2, 0.25) is 5.91 Å². The Balaban J connectivity index is 2.49. The molecule has 0 aliphatic heterocycles. The van der Waals surface area contributed by atoms with Crippen LogP contribution in [0.25, 0.3) is 0 Å². The molecule has 0 aliphatic carbocycles. The van der Waals surface area contributed by atoms with Crippen LogP contribution in [0.15, 0.2) is 24.3 Å². The minimum absolute atomic E-state index is 0.00486. The molecule has 94 valence electrons. The maximum absolute atomic E-state index is 11.6. The number of nitrogens with zero attached hydrogens (tertiary/aromatic N) is 1. The summed E-state index contributed by atoms with van der Waals surface area (Å²) in [5.74, 6) is -0.00486. The molecule has 0 heterocycles. The van der Waals surface area contributed by atoms with E-state index in [0.717, 1.165) is 11.1 Å². The Morgan fingerprint density at radius 2 is 1.88 bits per heavy atom. The largest absolute Gasteiger partial charge is 0.372 e. The molecule has 0 radical (unpaired) electrons. The summed E-state index contributed by atoms with van der Waals surface area (Å²) < 4.78 is 5.08. The number of benzene rings is 1. The molecule has 4 heteroatoms. The zero-order chi connectivity index (χ0) is 12.7. The Labute approximate surface area is 102 Å². The van der Waals surface area contributed by atoms with Crippen LogP contribution in [-0.2, 0) is 22.6 Å². The summed E-state index contributed by atoms with van der Waals surface area (Å²) in [6, 6.07) is 7.95. The smallest absolute Gasteiger partial charge is 0.248 e. The topological polar surface area (TPSA) is 55.6 Å². The molecule has 0 bridgehead atoms. The van der Waals surface area contributed by atoms with Crippen molar-refractivity contribution in [3.63, 3.8) is 0 Å². The van der Waals surface area contributed by atoms with E-state index in [1.807, 2.05) is 31.2 Å². The Morgan fingerprint density at radius 1 is 1.29 bits per heavy atom. The normalized spacial score (nSPS) is 10.3. The zero-order valence-corrected chi connectivity index (χ0v) is 10.5. The maximum Gasteiger partial charge on any atom is 0.248 e. The monoisotopic (exact) mass is 236 g/mol. The fourth-order valence-electron chi connectivity index (χ4n) is 1.44. The number of hydrogen-bond donors (Lipinski definition) is 1. The molecule has 0 spiro atoms.